The second-order valence-corrected chi connectivity index (χ2v) is 6.77. The Morgan fingerprint density at radius 3 is 3.04 bits per heavy atom. The highest BCUT2D eigenvalue weighted by Crippen LogP contribution is 2.35. The van der Waals surface area contributed by atoms with E-state index < -0.39 is 12.1 Å². The van der Waals surface area contributed by atoms with Crippen molar-refractivity contribution in [2.45, 2.75) is 12.6 Å². The van der Waals surface area contributed by atoms with Gasteiger partial charge in [-0.3, -0.25) is 4.79 Å². The molecule has 4 heterocycles. The number of aromatic nitrogens is 4. The van der Waals surface area contributed by atoms with Gasteiger partial charge in [0.2, 0.25) is 5.91 Å². The predicted octanol–water partition coefficient (Wildman–Crippen LogP) is 3.83. The molecule has 26 heavy (non-hydrogen) atoms. The minimum absolute atomic E-state index is 0.288. The highest BCUT2D eigenvalue weighted by atomic mass is 35.5. The number of halogens is 2. The maximum absolute atomic E-state index is 13.0. The molecule has 5 rings (SSSR count). The SMILES string of the molecule is O=C(Nc1cc2cc(-c3cnc4[nH]ccc4c3Cl)ccn2n1)C1CC1F. The second-order valence-electron chi connectivity index (χ2n) is 6.39. The van der Waals surface area contributed by atoms with E-state index in [1.165, 1.54) is 0 Å². The van der Waals surface area contributed by atoms with Gasteiger partial charge in [-0.05, 0) is 30.2 Å². The zero-order valence-corrected chi connectivity index (χ0v) is 14.2. The first kappa shape index (κ1) is 15.3. The van der Waals surface area contributed by atoms with Crippen LogP contribution < -0.4 is 5.32 Å². The number of aromatic amines is 1. The van der Waals surface area contributed by atoms with Crippen molar-refractivity contribution in [3.8, 4) is 11.1 Å². The molecule has 4 aromatic rings. The Balaban J connectivity index is 1.50. The van der Waals surface area contributed by atoms with Crippen LogP contribution in [0.25, 0.3) is 27.7 Å². The number of nitrogens with one attached hydrogen (secondary N) is 2. The molecule has 0 saturated heterocycles. The average Bonchev–Trinajstić information content (AvgIpc) is 3.03. The van der Waals surface area contributed by atoms with E-state index in [2.05, 4.69) is 20.4 Å². The van der Waals surface area contributed by atoms with Gasteiger partial charge in [-0.25, -0.2) is 13.9 Å². The van der Waals surface area contributed by atoms with Crippen molar-refractivity contribution in [2.75, 3.05) is 5.32 Å². The van der Waals surface area contributed by atoms with Gasteiger partial charge in [0, 0.05) is 35.6 Å². The van der Waals surface area contributed by atoms with E-state index in [-0.39, 0.29) is 12.3 Å². The lowest BCUT2D eigenvalue weighted by atomic mass is 10.1. The van der Waals surface area contributed by atoms with E-state index in [1.807, 2.05) is 18.2 Å². The van der Waals surface area contributed by atoms with Crippen molar-refractivity contribution in [1.82, 2.24) is 19.6 Å². The second kappa shape index (κ2) is 5.54. The highest BCUT2D eigenvalue weighted by molar-refractivity contribution is 6.38. The maximum atomic E-state index is 13.0. The molecule has 1 aliphatic carbocycles. The van der Waals surface area contributed by atoms with E-state index in [4.69, 9.17) is 11.6 Å². The number of rotatable bonds is 3. The van der Waals surface area contributed by atoms with Gasteiger partial charge in [0.05, 0.1) is 16.5 Å². The molecule has 130 valence electrons. The van der Waals surface area contributed by atoms with Gasteiger partial charge in [0.15, 0.2) is 5.82 Å². The van der Waals surface area contributed by atoms with Crippen molar-refractivity contribution >= 4 is 39.9 Å². The van der Waals surface area contributed by atoms with Crippen LogP contribution in [0.15, 0.2) is 42.9 Å². The van der Waals surface area contributed by atoms with Gasteiger partial charge in [0.1, 0.15) is 11.8 Å². The summed E-state index contributed by atoms with van der Waals surface area (Å²) in [6.45, 7) is 0. The molecule has 2 atom stereocenters. The minimum atomic E-state index is -1.03. The van der Waals surface area contributed by atoms with Crippen LogP contribution in [0.1, 0.15) is 6.42 Å². The van der Waals surface area contributed by atoms with Gasteiger partial charge in [-0.2, -0.15) is 5.10 Å². The first-order valence-electron chi connectivity index (χ1n) is 8.16. The molecule has 0 spiro atoms. The first-order chi connectivity index (χ1) is 12.6. The number of H-pyrrole nitrogens is 1. The van der Waals surface area contributed by atoms with E-state index >= 15 is 0 Å². The monoisotopic (exact) mass is 369 g/mol. The lowest BCUT2D eigenvalue weighted by Gasteiger charge is -2.05. The number of nitrogens with zero attached hydrogens (tertiary/aromatic N) is 3. The molecule has 0 aliphatic heterocycles. The van der Waals surface area contributed by atoms with Crippen LogP contribution >= 0.6 is 11.6 Å². The largest absolute Gasteiger partial charge is 0.346 e. The van der Waals surface area contributed by atoms with Crippen molar-refractivity contribution in [3.63, 3.8) is 0 Å². The van der Waals surface area contributed by atoms with Crippen molar-refractivity contribution in [2.24, 2.45) is 5.92 Å². The third-order valence-corrected chi connectivity index (χ3v) is 5.00. The molecule has 1 fully saturated rings. The number of carbonyl (C=O) groups excluding carboxylic acids is 1. The third-order valence-electron chi connectivity index (χ3n) is 4.60. The van der Waals surface area contributed by atoms with Crippen LogP contribution in [0.3, 0.4) is 0 Å². The highest BCUT2D eigenvalue weighted by Gasteiger charge is 2.43. The molecular weight excluding hydrogens is 357 g/mol. The van der Waals surface area contributed by atoms with Crippen LogP contribution in [-0.2, 0) is 4.79 Å². The lowest BCUT2D eigenvalue weighted by molar-refractivity contribution is -0.117. The molecule has 0 bridgehead atoms. The molecule has 1 saturated carbocycles. The Morgan fingerprint density at radius 2 is 2.23 bits per heavy atom. The molecule has 0 radical (unpaired) electrons. The summed E-state index contributed by atoms with van der Waals surface area (Å²) in [5, 5.41) is 8.44. The Labute approximate surface area is 152 Å². The fourth-order valence-electron chi connectivity index (χ4n) is 3.05. The van der Waals surface area contributed by atoms with Crippen LogP contribution in [0.5, 0.6) is 0 Å². The van der Waals surface area contributed by atoms with Gasteiger partial charge in [-0.15, -0.1) is 0 Å². The zero-order chi connectivity index (χ0) is 17.8. The molecule has 4 aromatic heterocycles. The topological polar surface area (TPSA) is 75.1 Å². The molecule has 8 heteroatoms. The summed E-state index contributed by atoms with van der Waals surface area (Å²) in [7, 11) is 0. The summed E-state index contributed by atoms with van der Waals surface area (Å²) >= 11 is 6.52. The maximum Gasteiger partial charge on any atom is 0.231 e. The fraction of sp³-hybridized carbons (Fsp3) is 0.167. The number of pyridine rings is 2. The summed E-state index contributed by atoms with van der Waals surface area (Å²) in [5.74, 6) is -0.476. The van der Waals surface area contributed by atoms with Crippen LogP contribution in [0, 0.1) is 5.92 Å². The number of carbonyl (C=O) groups is 1. The number of alkyl halides is 1. The quantitative estimate of drug-likeness (QED) is 0.576. The van der Waals surface area contributed by atoms with Crippen molar-refractivity contribution < 1.29 is 9.18 Å². The van der Waals surface area contributed by atoms with E-state index in [0.717, 1.165) is 27.7 Å². The summed E-state index contributed by atoms with van der Waals surface area (Å²) in [5.41, 5.74) is 3.23. The zero-order valence-electron chi connectivity index (χ0n) is 13.4. The summed E-state index contributed by atoms with van der Waals surface area (Å²) in [4.78, 5) is 19.3. The Kier molecular flexibility index (Phi) is 3.27. The first-order valence-corrected chi connectivity index (χ1v) is 8.54. The number of fused-ring (bicyclic) bond motifs is 2. The number of anilines is 1. The van der Waals surface area contributed by atoms with E-state index in [0.29, 0.717) is 10.8 Å². The smallest absolute Gasteiger partial charge is 0.231 e. The normalized spacial score (nSPS) is 19.2. The summed E-state index contributed by atoms with van der Waals surface area (Å²) in [6.07, 6.45) is 4.56. The minimum Gasteiger partial charge on any atom is -0.346 e. The van der Waals surface area contributed by atoms with Crippen LogP contribution in [0.4, 0.5) is 10.2 Å². The summed E-state index contributed by atoms with van der Waals surface area (Å²) < 4.78 is 14.6. The molecule has 6 nitrogen and oxygen atoms in total. The van der Waals surface area contributed by atoms with Gasteiger partial charge >= 0.3 is 0 Å². The Hall–Kier alpha value is -2.93. The molecule has 2 N–H and O–H groups in total. The number of hydrogen-bond acceptors (Lipinski definition) is 3. The fourth-order valence-corrected chi connectivity index (χ4v) is 3.36. The number of amides is 1. The lowest BCUT2D eigenvalue weighted by Crippen LogP contribution is -2.15. The number of hydrogen-bond donors (Lipinski definition) is 2. The van der Waals surface area contributed by atoms with Crippen LogP contribution in [0.2, 0.25) is 5.02 Å². The summed E-state index contributed by atoms with van der Waals surface area (Å²) in [6, 6.07) is 7.42. The molecule has 1 amide bonds. The average molecular weight is 370 g/mol. The molecule has 1 aliphatic rings. The Morgan fingerprint density at radius 1 is 1.38 bits per heavy atom. The molecule has 0 aromatic carbocycles. The van der Waals surface area contributed by atoms with Crippen molar-refractivity contribution in [3.05, 3.63) is 47.9 Å². The van der Waals surface area contributed by atoms with Gasteiger partial charge < -0.3 is 10.3 Å². The molecular formula is C18H13ClFN5O. The van der Waals surface area contributed by atoms with Gasteiger partial charge in [-0.1, -0.05) is 11.6 Å². The van der Waals surface area contributed by atoms with E-state index in [1.54, 1.807) is 29.2 Å². The standard InChI is InChI=1S/C18H13ClFN5O/c19-16-11-1-3-21-17(11)22-8-13(16)9-2-4-25-10(5-9)6-15(24-25)23-18(26)12-7-14(12)20/h1-6,8,12,14H,7H2,(H,21,22)(H,23,24,26). The predicted molar refractivity (Wildman–Crippen MR) is 96.9 cm³/mol. The van der Waals surface area contributed by atoms with E-state index in [9.17, 15) is 9.18 Å². The van der Waals surface area contributed by atoms with Crippen molar-refractivity contribution in [1.29, 1.82) is 0 Å². The third kappa shape index (κ3) is 2.43. The molecule has 2 unspecified atom stereocenters. The van der Waals surface area contributed by atoms with Crippen LogP contribution in [-0.4, -0.2) is 31.7 Å². The Bertz CT molecular complexity index is 1170. The van der Waals surface area contributed by atoms with Gasteiger partial charge in [0.25, 0.3) is 0 Å².